The monoisotopic (exact) mass is 280 g/mol. The molecule has 0 saturated heterocycles. The molecule has 0 N–H and O–H groups in total. The first-order valence-electron chi connectivity index (χ1n) is 7.50. The van der Waals surface area contributed by atoms with E-state index in [1.54, 1.807) is 0 Å². The van der Waals surface area contributed by atoms with E-state index in [0.717, 1.165) is 0 Å². The van der Waals surface area contributed by atoms with Crippen molar-refractivity contribution >= 4 is 5.97 Å². The molecule has 3 atom stereocenters. The molecule has 0 spiro atoms. The van der Waals surface area contributed by atoms with Crippen LogP contribution in [-0.2, 0) is 9.53 Å². The number of carbonyl (C=O) groups is 1. The molecule has 21 heavy (non-hydrogen) atoms. The van der Waals surface area contributed by atoms with Crippen molar-refractivity contribution in [3.8, 4) is 0 Å². The molecule has 108 valence electrons. The Kier molecular flexibility index (Phi) is 3.78. The third-order valence-corrected chi connectivity index (χ3v) is 4.19. The largest absolute Gasteiger partial charge is 0.466 e. The van der Waals surface area contributed by atoms with Gasteiger partial charge in [0.15, 0.2) is 0 Å². The van der Waals surface area contributed by atoms with E-state index in [9.17, 15) is 4.79 Å². The van der Waals surface area contributed by atoms with Crippen LogP contribution in [0.5, 0.6) is 0 Å². The highest BCUT2D eigenvalue weighted by Crippen LogP contribution is 2.60. The fourth-order valence-electron chi connectivity index (χ4n) is 3.22. The molecule has 0 bridgehead atoms. The lowest BCUT2D eigenvalue weighted by molar-refractivity contribution is -0.144. The predicted molar refractivity (Wildman–Crippen MR) is 83.2 cm³/mol. The minimum atomic E-state index is -0.0714. The Morgan fingerprint density at radius 2 is 1.67 bits per heavy atom. The van der Waals surface area contributed by atoms with Crippen molar-refractivity contribution in [2.45, 2.75) is 25.7 Å². The summed E-state index contributed by atoms with van der Waals surface area (Å²) in [6.07, 6.45) is 0. The van der Waals surface area contributed by atoms with E-state index in [-0.39, 0.29) is 23.7 Å². The number of hydrogen-bond donors (Lipinski definition) is 0. The first-order valence-corrected chi connectivity index (χ1v) is 7.50. The van der Waals surface area contributed by atoms with E-state index in [1.807, 2.05) is 25.1 Å². The quantitative estimate of drug-likeness (QED) is 0.790. The third-order valence-electron chi connectivity index (χ3n) is 4.19. The minimum absolute atomic E-state index is 0.0471. The van der Waals surface area contributed by atoms with Crippen molar-refractivity contribution in [1.29, 1.82) is 0 Å². The maximum Gasteiger partial charge on any atom is 0.310 e. The van der Waals surface area contributed by atoms with E-state index in [0.29, 0.717) is 6.61 Å². The van der Waals surface area contributed by atoms with Gasteiger partial charge in [0.1, 0.15) is 0 Å². The third kappa shape index (κ3) is 2.71. The molecule has 1 fully saturated rings. The summed E-state index contributed by atoms with van der Waals surface area (Å²) in [5.74, 6) is 0.366. The maximum absolute atomic E-state index is 12.2. The second-order valence-electron chi connectivity index (χ2n) is 5.65. The van der Waals surface area contributed by atoms with Gasteiger partial charge in [-0.25, -0.2) is 0 Å². The highest BCUT2D eigenvalue weighted by molar-refractivity contribution is 5.80. The average molecular weight is 280 g/mol. The Balaban J connectivity index is 1.92. The molecule has 0 heterocycles. The highest BCUT2D eigenvalue weighted by Gasteiger charge is 2.56. The summed E-state index contributed by atoms with van der Waals surface area (Å²) in [5, 5.41) is 0. The standard InChI is InChI=1S/C19H20O2/c1-3-21-19(20)18-16(14-9-5-4-6-10-14)17(18)15-11-7-8-13(2)12-15/h4-12,16-18H,3H2,1-2H3. The van der Waals surface area contributed by atoms with Crippen LogP contribution in [0, 0.1) is 12.8 Å². The molecule has 1 saturated carbocycles. The zero-order chi connectivity index (χ0) is 14.8. The van der Waals surface area contributed by atoms with E-state index < -0.39 is 0 Å². The number of aryl methyl sites for hydroxylation is 1. The van der Waals surface area contributed by atoms with Crippen LogP contribution in [0.3, 0.4) is 0 Å². The molecule has 3 rings (SSSR count). The van der Waals surface area contributed by atoms with Gasteiger partial charge in [0.2, 0.25) is 0 Å². The van der Waals surface area contributed by atoms with Gasteiger partial charge in [0.05, 0.1) is 12.5 Å². The summed E-state index contributed by atoms with van der Waals surface area (Å²) < 4.78 is 5.26. The highest BCUT2D eigenvalue weighted by atomic mass is 16.5. The van der Waals surface area contributed by atoms with Crippen molar-refractivity contribution in [2.24, 2.45) is 5.92 Å². The molecular formula is C19H20O2. The first-order chi connectivity index (χ1) is 10.2. The molecule has 2 heteroatoms. The van der Waals surface area contributed by atoms with Crippen molar-refractivity contribution in [2.75, 3.05) is 6.61 Å². The molecular weight excluding hydrogens is 260 g/mol. The summed E-state index contributed by atoms with van der Waals surface area (Å²) in [5.41, 5.74) is 3.69. The maximum atomic E-state index is 12.2. The molecule has 0 amide bonds. The molecule has 0 aliphatic heterocycles. The Morgan fingerprint density at radius 1 is 1.00 bits per heavy atom. The number of esters is 1. The lowest BCUT2D eigenvalue weighted by Crippen LogP contribution is -2.08. The van der Waals surface area contributed by atoms with Gasteiger partial charge in [0.25, 0.3) is 0 Å². The number of ether oxygens (including phenoxy) is 1. The van der Waals surface area contributed by atoms with Crippen molar-refractivity contribution in [1.82, 2.24) is 0 Å². The summed E-state index contributed by atoms with van der Waals surface area (Å²) in [4.78, 5) is 12.2. The summed E-state index contributed by atoms with van der Waals surface area (Å²) in [6, 6.07) is 18.7. The predicted octanol–water partition coefficient (Wildman–Crippen LogP) is 4.06. The number of benzene rings is 2. The first kappa shape index (κ1) is 13.9. The van der Waals surface area contributed by atoms with E-state index in [4.69, 9.17) is 4.74 Å². The van der Waals surface area contributed by atoms with Crippen LogP contribution in [0.2, 0.25) is 0 Å². The normalized spacial score (nSPS) is 23.6. The molecule has 2 aromatic rings. The molecule has 0 radical (unpaired) electrons. The summed E-state index contributed by atoms with van der Waals surface area (Å²) >= 11 is 0. The molecule has 2 nitrogen and oxygen atoms in total. The molecule has 3 unspecified atom stereocenters. The van der Waals surface area contributed by atoms with Gasteiger partial charge in [-0.15, -0.1) is 0 Å². The van der Waals surface area contributed by atoms with Gasteiger partial charge in [-0.05, 0) is 25.0 Å². The van der Waals surface area contributed by atoms with Gasteiger partial charge in [-0.1, -0.05) is 60.2 Å². The van der Waals surface area contributed by atoms with Crippen molar-refractivity contribution in [3.63, 3.8) is 0 Å². The second-order valence-corrected chi connectivity index (χ2v) is 5.65. The van der Waals surface area contributed by atoms with Crippen LogP contribution in [0.4, 0.5) is 0 Å². The van der Waals surface area contributed by atoms with Gasteiger partial charge in [0, 0.05) is 11.8 Å². The van der Waals surface area contributed by atoms with Crippen molar-refractivity contribution < 1.29 is 9.53 Å². The average Bonchev–Trinajstić information content (AvgIpc) is 3.24. The van der Waals surface area contributed by atoms with Gasteiger partial charge in [-0.2, -0.15) is 0 Å². The van der Waals surface area contributed by atoms with Crippen molar-refractivity contribution in [3.05, 3.63) is 71.3 Å². The van der Waals surface area contributed by atoms with Gasteiger partial charge >= 0.3 is 5.97 Å². The number of rotatable bonds is 4. The topological polar surface area (TPSA) is 26.3 Å². The fourth-order valence-corrected chi connectivity index (χ4v) is 3.22. The van der Waals surface area contributed by atoms with Crippen LogP contribution in [0.15, 0.2) is 54.6 Å². The number of carbonyl (C=O) groups excluding carboxylic acids is 1. The van der Waals surface area contributed by atoms with Crippen LogP contribution in [0.1, 0.15) is 35.4 Å². The van der Waals surface area contributed by atoms with Crippen LogP contribution < -0.4 is 0 Å². The fraction of sp³-hybridized carbons (Fsp3) is 0.316. The van der Waals surface area contributed by atoms with Crippen LogP contribution in [0.25, 0.3) is 0 Å². The molecule has 0 aromatic heterocycles. The Hall–Kier alpha value is -2.09. The molecule has 2 aromatic carbocycles. The van der Waals surface area contributed by atoms with Gasteiger partial charge in [-0.3, -0.25) is 4.79 Å². The van der Waals surface area contributed by atoms with E-state index >= 15 is 0 Å². The summed E-state index contributed by atoms with van der Waals surface area (Å²) in [7, 11) is 0. The Bertz CT molecular complexity index is 633. The van der Waals surface area contributed by atoms with Gasteiger partial charge < -0.3 is 4.74 Å². The second kappa shape index (κ2) is 5.72. The molecule has 1 aliphatic rings. The molecule has 1 aliphatic carbocycles. The minimum Gasteiger partial charge on any atom is -0.466 e. The number of hydrogen-bond acceptors (Lipinski definition) is 2. The summed E-state index contributed by atoms with van der Waals surface area (Å²) in [6.45, 7) is 4.39. The SMILES string of the molecule is CCOC(=O)C1C(c2ccccc2)C1c1cccc(C)c1. The lowest BCUT2D eigenvalue weighted by atomic mass is 10.0. The Labute approximate surface area is 125 Å². The van der Waals surface area contributed by atoms with E-state index in [1.165, 1.54) is 16.7 Å². The Morgan fingerprint density at radius 3 is 2.33 bits per heavy atom. The van der Waals surface area contributed by atoms with Crippen LogP contribution in [-0.4, -0.2) is 12.6 Å². The zero-order valence-corrected chi connectivity index (χ0v) is 12.5. The zero-order valence-electron chi connectivity index (χ0n) is 12.5. The smallest absolute Gasteiger partial charge is 0.310 e. The van der Waals surface area contributed by atoms with Crippen LogP contribution >= 0.6 is 0 Å². The van der Waals surface area contributed by atoms with E-state index in [2.05, 4.69) is 43.3 Å². The lowest BCUT2D eigenvalue weighted by Gasteiger charge is -2.02.